The van der Waals surface area contributed by atoms with E-state index in [1.807, 2.05) is 38.1 Å². The van der Waals surface area contributed by atoms with Gasteiger partial charge in [0.1, 0.15) is 0 Å². The minimum absolute atomic E-state index is 0.0914. The number of halogens is 1. The Kier molecular flexibility index (Phi) is 6.29. The van der Waals surface area contributed by atoms with E-state index in [-0.39, 0.29) is 11.9 Å². The zero-order valence-corrected chi connectivity index (χ0v) is 16.0. The van der Waals surface area contributed by atoms with Gasteiger partial charge in [-0.1, -0.05) is 11.6 Å². The number of amides is 1. The van der Waals surface area contributed by atoms with Crippen molar-refractivity contribution in [2.75, 3.05) is 32.7 Å². The molecule has 7 heteroatoms. The van der Waals surface area contributed by atoms with Gasteiger partial charge in [0.15, 0.2) is 5.76 Å². The van der Waals surface area contributed by atoms with Gasteiger partial charge in [-0.25, -0.2) is 4.98 Å². The van der Waals surface area contributed by atoms with E-state index in [0.29, 0.717) is 24.0 Å². The van der Waals surface area contributed by atoms with Crippen molar-refractivity contribution in [2.45, 2.75) is 26.4 Å². The number of rotatable bonds is 6. The number of benzene rings is 1. The van der Waals surface area contributed by atoms with Crippen molar-refractivity contribution in [1.29, 1.82) is 0 Å². The van der Waals surface area contributed by atoms with E-state index in [4.69, 9.17) is 16.0 Å². The number of piperazine rings is 1. The molecule has 2 heterocycles. The van der Waals surface area contributed by atoms with Crippen LogP contribution in [-0.4, -0.2) is 59.5 Å². The van der Waals surface area contributed by atoms with Crippen LogP contribution in [0.4, 0.5) is 0 Å². The van der Waals surface area contributed by atoms with E-state index in [1.54, 1.807) is 6.20 Å². The molecule has 0 saturated carbocycles. The summed E-state index contributed by atoms with van der Waals surface area (Å²) in [5.74, 6) is 1.55. The highest BCUT2D eigenvalue weighted by atomic mass is 35.5. The van der Waals surface area contributed by atoms with E-state index in [0.717, 1.165) is 37.5 Å². The maximum absolute atomic E-state index is 11.9. The Labute approximate surface area is 159 Å². The second kappa shape index (κ2) is 8.66. The van der Waals surface area contributed by atoms with Crippen LogP contribution in [0.1, 0.15) is 19.7 Å². The van der Waals surface area contributed by atoms with Crippen LogP contribution in [0.5, 0.6) is 0 Å². The summed E-state index contributed by atoms with van der Waals surface area (Å²) in [6.45, 7) is 8.63. The molecule has 0 aliphatic carbocycles. The molecule has 1 aromatic carbocycles. The van der Waals surface area contributed by atoms with Crippen LogP contribution in [0, 0.1) is 0 Å². The largest absolute Gasteiger partial charge is 0.439 e. The average molecular weight is 377 g/mol. The average Bonchev–Trinajstić information content (AvgIpc) is 3.05. The summed E-state index contributed by atoms with van der Waals surface area (Å²) in [6, 6.07) is 7.71. The Bertz CT molecular complexity index is 721. The minimum atomic E-state index is 0.0914. The molecule has 3 rings (SSSR count). The third kappa shape index (κ3) is 5.30. The molecule has 6 nitrogen and oxygen atoms in total. The van der Waals surface area contributed by atoms with E-state index in [9.17, 15) is 4.79 Å². The molecule has 0 bridgehead atoms. The monoisotopic (exact) mass is 376 g/mol. The lowest BCUT2D eigenvalue weighted by Gasteiger charge is -2.33. The number of carbonyl (C=O) groups is 1. The number of hydrogen-bond donors (Lipinski definition) is 1. The fourth-order valence-corrected chi connectivity index (χ4v) is 3.12. The van der Waals surface area contributed by atoms with Gasteiger partial charge in [0.05, 0.1) is 19.3 Å². The number of carbonyl (C=O) groups excluding carboxylic acids is 1. The van der Waals surface area contributed by atoms with Crippen LogP contribution in [0.2, 0.25) is 5.02 Å². The zero-order valence-electron chi connectivity index (χ0n) is 15.2. The van der Waals surface area contributed by atoms with Crippen LogP contribution in [-0.2, 0) is 11.3 Å². The Morgan fingerprint density at radius 2 is 1.85 bits per heavy atom. The number of hydrogen-bond acceptors (Lipinski definition) is 5. The van der Waals surface area contributed by atoms with Gasteiger partial charge in [0.2, 0.25) is 11.8 Å². The molecule has 1 aliphatic heterocycles. The first-order valence-electron chi connectivity index (χ1n) is 8.94. The molecular formula is C19H25ClN4O2. The lowest BCUT2D eigenvalue weighted by atomic mass is 10.2. The summed E-state index contributed by atoms with van der Waals surface area (Å²) in [4.78, 5) is 20.7. The maximum Gasteiger partial charge on any atom is 0.234 e. The van der Waals surface area contributed by atoms with E-state index in [2.05, 4.69) is 20.1 Å². The molecule has 0 atom stereocenters. The fraction of sp³-hybridized carbons (Fsp3) is 0.474. The van der Waals surface area contributed by atoms with Crippen LogP contribution < -0.4 is 5.32 Å². The topological polar surface area (TPSA) is 61.6 Å². The molecule has 140 valence electrons. The summed E-state index contributed by atoms with van der Waals surface area (Å²) < 4.78 is 5.87. The molecule has 0 spiro atoms. The van der Waals surface area contributed by atoms with Crippen LogP contribution in [0.15, 0.2) is 34.9 Å². The number of oxazole rings is 1. The van der Waals surface area contributed by atoms with Gasteiger partial charge in [-0.3, -0.25) is 14.6 Å². The fourth-order valence-electron chi connectivity index (χ4n) is 3.00. The predicted molar refractivity (Wildman–Crippen MR) is 102 cm³/mol. The van der Waals surface area contributed by atoms with Crippen molar-refractivity contribution >= 4 is 17.5 Å². The van der Waals surface area contributed by atoms with Gasteiger partial charge in [-0.15, -0.1) is 0 Å². The van der Waals surface area contributed by atoms with Crippen LogP contribution in [0.3, 0.4) is 0 Å². The van der Waals surface area contributed by atoms with E-state index < -0.39 is 0 Å². The summed E-state index contributed by atoms with van der Waals surface area (Å²) in [5, 5.41) is 3.64. The van der Waals surface area contributed by atoms with Gasteiger partial charge >= 0.3 is 0 Å². The molecule has 1 amide bonds. The highest BCUT2D eigenvalue weighted by Crippen LogP contribution is 2.23. The van der Waals surface area contributed by atoms with Crippen molar-refractivity contribution in [1.82, 2.24) is 20.1 Å². The van der Waals surface area contributed by atoms with Crippen molar-refractivity contribution in [3.8, 4) is 11.3 Å². The quantitative estimate of drug-likeness (QED) is 0.839. The zero-order chi connectivity index (χ0) is 18.5. The molecule has 1 N–H and O–H groups in total. The Balaban J connectivity index is 1.48. The van der Waals surface area contributed by atoms with Crippen molar-refractivity contribution in [3.63, 3.8) is 0 Å². The molecule has 0 radical (unpaired) electrons. The number of nitrogens with zero attached hydrogens (tertiary/aromatic N) is 3. The lowest BCUT2D eigenvalue weighted by Crippen LogP contribution is -2.49. The molecule has 26 heavy (non-hydrogen) atoms. The Morgan fingerprint density at radius 1 is 1.19 bits per heavy atom. The molecule has 1 aromatic heterocycles. The summed E-state index contributed by atoms with van der Waals surface area (Å²) in [7, 11) is 0. The molecule has 2 aromatic rings. The lowest BCUT2D eigenvalue weighted by molar-refractivity contribution is -0.123. The smallest absolute Gasteiger partial charge is 0.234 e. The van der Waals surface area contributed by atoms with Gasteiger partial charge in [-0.05, 0) is 38.1 Å². The first-order valence-corrected chi connectivity index (χ1v) is 9.32. The van der Waals surface area contributed by atoms with Crippen LogP contribution in [0.25, 0.3) is 11.3 Å². The SMILES string of the molecule is CC(C)NC(=O)CN1CCN(Cc2ncc(-c3ccc(Cl)cc3)o2)CC1. The Hall–Kier alpha value is -1.89. The molecule has 1 aliphatic rings. The summed E-state index contributed by atoms with van der Waals surface area (Å²) in [6.07, 6.45) is 1.76. The second-order valence-corrected chi connectivity index (χ2v) is 7.34. The van der Waals surface area contributed by atoms with E-state index in [1.165, 1.54) is 0 Å². The van der Waals surface area contributed by atoms with Gasteiger partial charge in [0, 0.05) is 42.8 Å². The first-order chi connectivity index (χ1) is 12.5. The maximum atomic E-state index is 11.9. The van der Waals surface area contributed by atoms with Gasteiger partial charge < -0.3 is 9.73 Å². The minimum Gasteiger partial charge on any atom is -0.439 e. The number of nitrogens with one attached hydrogen (secondary N) is 1. The third-order valence-electron chi connectivity index (χ3n) is 4.32. The van der Waals surface area contributed by atoms with Crippen LogP contribution >= 0.6 is 11.6 Å². The first kappa shape index (κ1) is 18.9. The normalized spacial score (nSPS) is 16.2. The summed E-state index contributed by atoms with van der Waals surface area (Å²) in [5.41, 5.74) is 0.967. The van der Waals surface area contributed by atoms with Crippen molar-refractivity contribution in [3.05, 3.63) is 41.4 Å². The number of aromatic nitrogens is 1. The molecule has 1 fully saturated rings. The summed E-state index contributed by atoms with van der Waals surface area (Å²) >= 11 is 5.92. The van der Waals surface area contributed by atoms with Gasteiger partial charge in [-0.2, -0.15) is 0 Å². The van der Waals surface area contributed by atoms with Crippen molar-refractivity contribution in [2.24, 2.45) is 0 Å². The predicted octanol–water partition coefficient (Wildman–Crippen LogP) is 2.64. The third-order valence-corrected chi connectivity index (χ3v) is 4.57. The molecule has 1 saturated heterocycles. The highest BCUT2D eigenvalue weighted by molar-refractivity contribution is 6.30. The highest BCUT2D eigenvalue weighted by Gasteiger charge is 2.20. The van der Waals surface area contributed by atoms with E-state index >= 15 is 0 Å². The second-order valence-electron chi connectivity index (χ2n) is 6.90. The van der Waals surface area contributed by atoms with Gasteiger partial charge in [0.25, 0.3) is 0 Å². The Morgan fingerprint density at radius 3 is 2.50 bits per heavy atom. The molecular weight excluding hydrogens is 352 g/mol. The van der Waals surface area contributed by atoms with Crippen molar-refractivity contribution < 1.29 is 9.21 Å². The standard InChI is InChI=1S/C19H25ClN4O2/c1-14(2)22-18(25)12-23-7-9-24(10-8-23)13-19-21-11-17(26-19)15-3-5-16(20)6-4-15/h3-6,11,14H,7-10,12-13H2,1-2H3,(H,22,25). The molecule has 0 unspecified atom stereocenters.